The minimum atomic E-state index is -0.675. The monoisotopic (exact) mass is 226 g/mol. The molecule has 0 heterocycles. The Morgan fingerprint density at radius 2 is 1.69 bits per heavy atom. The molecule has 0 amide bonds. The van der Waals surface area contributed by atoms with Gasteiger partial charge in [0, 0.05) is 13.2 Å². The standard InChI is InChI=1S/C13H26N2O/c1-12(2,3)8-10-16-9-6-5-7-13(4,15)11-14/h5-10,15H2,1-4H3. The zero-order valence-electron chi connectivity index (χ0n) is 11.2. The highest BCUT2D eigenvalue weighted by atomic mass is 16.5. The van der Waals surface area contributed by atoms with Gasteiger partial charge in [-0.15, -0.1) is 0 Å². The molecule has 0 aliphatic carbocycles. The first-order valence-electron chi connectivity index (χ1n) is 6.05. The van der Waals surface area contributed by atoms with Crippen LogP contribution < -0.4 is 5.73 Å². The van der Waals surface area contributed by atoms with Crippen LogP contribution in [0, 0.1) is 16.7 Å². The molecule has 94 valence electrons. The molecule has 1 unspecified atom stereocenters. The lowest BCUT2D eigenvalue weighted by atomic mass is 9.93. The summed E-state index contributed by atoms with van der Waals surface area (Å²) < 4.78 is 5.53. The first kappa shape index (κ1) is 15.4. The van der Waals surface area contributed by atoms with Gasteiger partial charge in [0.1, 0.15) is 5.54 Å². The summed E-state index contributed by atoms with van der Waals surface area (Å²) in [5, 5.41) is 8.72. The Labute approximate surface area is 100.0 Å². The van der Waals surface area contributed by atoms with Gasteiger partial charge in [-0.1, -0.05) is 20.8 Å². The SMILES string of the molecule is CC(C)(C)CCOCCCCC(C)(N)C#N. The van der Waals surface area contributed by atoms with Gasteiger partial charge in [-0.3, -0.25) is 0 Å². The van der Waals surface area contributed by atoms with Crippen molar-refractivity contribution in [1.82, 2.24) is 0 Å². The van der Waals surface area contributed by atoms with Crippen molar-refractivity contribution in [1.29, 1.82) is 5.26 Å². The van der Waals surface area contributed by atoms with Crippen LogP contribution in [0.25, 0.3) is 0 Å². The van der Waals surface area contributed by atoms with Crippen molar-refractivity contribution in [2.75, 3.05) is 13.2 Å². The van der Waals surface area contributed by atoms with Gasteiger partial charge in [-0.05, 0) is 38.0 Å². The summed E-state index contributed by atoms with van der Waals surface area (Å²) in [5.41, 5.74) is 5.38. The van der Waals surface area contributed by atoms with E-state index in [-0.39, 0.29) is 0 Å². The lowest BCUT2D eigenvalue weighted by Gasteiger charge is -2.18. The topological polar surface area (TPSA) is 59.0 Å². The first-order chi connectivity index (χ1) is 7.27. The molecule has 0 saturated heterocycles. The van der Waals surface area contributed by atoms with Crippen LogP contribution in [-0.2, 0) is 4.74 Å². The van der Waals surface area contributed by atoms with Crippen LogP contribution in [-0.4, -0.2) is 18.8 Å². The third kappa shape index (κ3) is 9.95. The lowest BCUT2D eigenvalue weighted by Crippen LogP contribution is -2.33. The summed E-state index contributed by atoms with van der Waals surface area (Å²) >= 11 is 0. The van der Waals surface area contributed by atoms with Crippen LogP contribution in [0.4, 0.5) is 0 Å². The third-order valence-corrected chi connectivity index (χ3v) is 2.49. The summed E-state index contributed by atoms with van der Waals surface area (Å²) in [6, 6.07) is 2.10. The van der Waals surface area contributed by atoms with E-state index in [1.807, 2.05) is 0 Å². The van der Waals surface area contributed by atoms with Gasteiger partial charge in [-0.25, -0.2) is 0 Å². The largest absolute Gasteiger partial charge is 0.381 e. The van der Waals surface area contributed by atoms with Gasteiger partial charge in [0.15, 0.2) is 0 Å². The van der Waals surface area contributed by atoms with Crippen LogP contribution in [0.15, 0.2) is 0 Å². The molecule has 3 heteroatoms. The fourth-order valence-electron chi connectivity index (χ4n) is 1.23. The van der Waals surface area contributed by atoms with Crippen molar-refractivity contribution >= 4 is 0 Å². The minimum Gasteiger partial charge on any atom is -0.381 e. The zero-order valence-corrected chi connectivity index (χ0v) is 11.2. The number of nitrogens with zero attached hydrogens (tertiary/aromatic N) is 1. The molecule has 3 nitrogen and oxygen atoms in total. The maximum atomic E-state index is 8.72. The molecule has 2 N–H and O–H groups in total. The van der Waals surface area contributed by atoms with Gasteiger partial charge >= 0.3 is 0 Å². The highest BCUT2D eigenvalue weighted by Gasteiger charge is 2.15. The first-order valence-corrected chi connectivity index (χ1v) is 6.05. The van der Waals surface area contributed by atoms with Crippen molar-refractivity contribution in [2.45, 2.75) is 58.9 Å². The summed E-state index contributed by atoms with van der Waals surface area (Å²) in [6.07, 6.45) is 3.76. The van der Waals surface area contributed by atoms with Crippen LogP contribution in [0.3, 0.4) is 0 Å². The molecule has 0 aliphatic rings. The van der Waals surface area contributed by atoms with E-state index in [1.165, 1.54) is 0 Å². The fourth-order valence-corrected chi connectivity index (χ4v) is 1.23. The molecule has 0 aromatic carbocycles. The number of rotatable bonds is 7. The smallest absolute Gasteiger partial charge is 0.101 e. The molecule has 16 heavy (non-hydrogen) atoms. The van der Waals surface area contributed by atoms with E-state index in [2.05, 4.69) is 26.8 Å². The number of unbranched alkanes of at least 4 members (excludes halogenated alkanes) is 1. The van der Waals surface area contributed by atoms with E-state index in [1.54, 1.807) is 6.92 Å². The highest BCUT2D eigenvalue weighted by Crippen LogP contribution is 2.18. The average Bonchev–Trinajstić information content (AvgIpc) is 2.14. The predicted molar refractivity (Wildman–Crippen MR) is 66.9 cm³/mol. The molecule has 0 spiro atoms. The van der Waals surface area contributed by atoms with E-state index < -0.39 is 5.54 Å². The Bertz CT molecular complexity index is 223. The summed E-state index contributed by atoms with van der Waals surface area (Å²) in [4.78, 5) is 0. The molecule has 0 fully saturated rings. The van der Waals surface area contributed by atoms with E-state index in [9.17, 15) is 0 Å². The second-order valence-corrected chi connectivity index (χ2v) is 5.91. The van der Waals surface area contributed by atoms with Gasteiger partial charge in [0.25, 0.3) is 0 Å². The molecular formula is C13H26N2O. The molecule has 0 aliphatic heterocycles. The van der Waals surface area contributed by atoms with Gasteiger partial charge < -0.3 is 10.5 Å². The molecule has 0 aromatic rings. The highest BCUT2D eigenvalue weighted by molar-refractivity contribution is 5.00. The Morgan fingerprint density at radius 3 is 2.19 bits per heavy atom. The molecule has 0 aromatic heterocycles. The molecule has 0 rings (SSSR count). The molecule has 0 bridgehead atoms. The quantitative estimate of drug-likeness (QED) is 0.679. The second kappa shape index (κ2) is 6.88. The Hall–Kier alpha value is -0.590. The molecule has 0 radical (unpaired) electrons. The Kier molecular flexibility index (Phi) is 6.62. The Morgan fingerprint density at radius 1 is 1.06 bits per heavy atom. The fraction of sp³-hybridized carbons (Fsp3) is 0.923. The number of nitrogens with two attached hydrogens (primary N) is 1. The maximum Gasteiger partial charge on any atom is 0.101 e. The maximum absolute atomic E-state index is 8.72. The molecule has 0 saturated carbocycles. The van der Waals surface area contributed by atoms with E-state index in [4.69, 9.17) is 15.7 Å². The summed E-state index contributed by atoms with van der Waals surface area (Å²) in [5.74, 6) is 0. The summed E-state index contributed by atoms with van der Waals surface area (Å²) in [7, 11) is 0. The van der Waals surface area contributed by atoms with Gasteiger partial charge in [0.05, 0.1) is 6.07 Å². The van der Waals surface area contributed by atoms with E-state index >= 15 is 0 Å². The normalized spacial score (nSPS) is 15.5. The van der Waals surface area contributed by atoms with Crippen molar-refractivity contribution in [3.63, 3.8) is 0 Å². The molecular weight excluding hydrogens is 200 g/mol. The third-order valence-electron chi connectivity index (χ3n) is 2.49. The van der Waals surface area contributed by atoms with Crippen molar-refractivity contribution in [2.24, 2.45) is 11.1 Å². The number of ether oxygens (including phenoxy) is 1. The van der Waals surface area contributed by atoms with E-state index in [0.29, 0.717) is 5.41 Å². The number of hydrogen-bond donors (Lipinski definition) is 1. The lowest BCUT2D eigenvalue weighted by molar-refractivity contribution is 0.104. The second-order valence-electron chi connectivity index (χ2n) is 5.91. The van der Waals surface area contributed by atoms with Gasteiger partial charge in [-0.2, -0.15) is 5.26 Å². The average molecular weight is 226 g/mol. The summed E-state index contributed by atoms with van der Waals surface area (Å²) in [6.45, 7) is 10.0. The van der Waals surface area contributed by atoms with Crippen LogP contribution >= 0.6 is 0 Å². The van der Waals surface area contributed by atoms with Crippen LogP contribution in [0.2, 0.25) is 0 Å². The molecule has 1 atom stereocenters. The van der Waals surface area contributed by atoms with Crippen molar-refractivity contribution < 1.29 is 4.74 Å². The van der Waals surface area contributed by atoms with Crippen LogP contribution in [0.1, 0.15) is 53.4 Å². The zero-order chi connectivity index (χ0) is 12.7. The van der Waals surface area contributed by atoms with Gasteiger partial charge in [0.2, 0.25) is 0 Å². The van der Waals surface area contributed by atoms with E-state index in [0.717, 1.165) is 38.9 Å². The van der Waals surface area contributed by atoms with Crippen molar-refractivity contribution in [3.8, 4) is 6.07 Å². The van der Waals surface area contributed by atoms with Crippen molar-refractivity contribution in [3.05, 3.63) is 0 Å². The van der Waals surface area contributed by atoms with Crippen LogP contribution in [0.5, 0.6) is 0 Å². The number of hydrogen-bond acceptors (Lipinski definition) is 3. The predicted octanol–water partition coefficient (Wildman–Crippen LogP) is 2.85. The Balaban J connectivity index is 3.33. The number of nitriles is 1. The minimum absolute atomic E-state index is 0.344.